The molecule has 1 saturated heterocycles. The van der Waals surface area contributed by atoms with E-state index in [1.54, 1.807) is 0 Å². The summed E-state index contributed by atoms with van der Waals surface area (Å²) < 4.78 is 0. The zero-order chi connectivity index (χ0) is 17.2. The summed E-state index contributed by atoms with van der Waals surface area (Å²) in [5, 5.41) is 7.28. The Morgan fingerprint density at radius 2 is 1.88 bits per heavy atom. The number of aliphatic imine (C=N–C) groups is 1. The maximum Gasteiger partial charge on any atom is 0.224 e. The Morgan fingerprint density at radius 3 is 2.52 bits per heavy atom. The van der Waals surface area contributed by atoms with Crippen LogP contribution in [0.4, 0.5) is 0 Å². The van der Waals surface area contributed by atoms with Crippen molar-refractivity contribution in [3.63, 3.8) is 0 Å². The number of rotatable bonds is 7. The summed E-state index contributed by atoms with van der Waals surface area (Å²) in [4.78, 5) is 18.5. The Morgan fingerprint density at radius 1 is 1.20 bits per heavy atom. The lowest BCUT2D eigenvalue weighted by Crippen LogP contribution is -2.38. The molecule has 1 aliphatic rings. The molecule has 2 rings (SSSR count). The van der Waals surface area contributed by atoms with Crippen LogP contribution in [0.1, 0.15) is 31.7 Å². The fourth-order valence-electron chi connectivity index (χ4n) is 2.71. The van der Waals surface area contributed by atoms with Gasteiger partial charge in [-0.15, -0.1) is 24.0 Å². The molecule has 1 heterocycles. The van der Waals surface area contributed by atoms with Crippen molar-refractivity contribution in [2.24, 2.45) is 4.99 Å². The number of amides is 1. The average Bonchev–Trinajstić information content (AvgIpc) is 3.11. The molecular formula is C18H28ClIN4O. The van der Waals surface area contributed by atoms with Crippen molar-refractivity contribution in [3.8, 4) is 0 Å². The van der Waals surface area contributed by atoms with Gasteiger partial charge in [0, 0.05) is 37.6 Å². The van der Waals surface area contributed by atoms with Gasteiger partial charge in [-0.1, -0.05) is 23.7 Å². The fraction of sp³-hybridized carbons (Fsp3) is 0.556. The van der Waals surface area contributed by atoms with Crippen LogP contribution in [0.3, 0.4) is 0 Å². The van der Waals surface area contributed by atoms with Crippen molar-refractivity contribution in [3.05, 3.63) is 34.9 Å². The van der Waals surface area contributed by atoms with E-state index in [0.717, 1.165) is 56.4 Å². The minimum atomic E-state index is 0. The predicted octanol–water partition coefficient (Wildman–Crippen LogP) is 3.07. The lowest BCUT2D eigenvalue weighted by molar-refractivity contribution is -0.129. The number of guanidine groups is 1. The smallest absolute Gasteiger partial charge is 0.224 e. The second-order valence-electron chi connectivity index (χ2n) is 5.90. The number of nitrogens with zero attached hydrogens (tertiary/aromatic N) is 2. The quantitative estimate of drug-likeness (QED) is 0.360. The zero-order valence-corrected chi connectivity index (χ0v) is 17.8. The Hall–Kier alpha value is -1.02. The Bertz CT molecular complexity index is 545. The van der Waals surface area contributed by atoms with Gasteiger partial charge in [0.2, 0.25) is 5.91 Å². The fourth-order valence-corrected chi connectivity index (χ4v) is 2.83. The average molecular weight is 479 g/mol. The van der Waals surface area contributed by atoms with Crippen molar-refractivity contribution in [1.29, 1.82) is 0 Å². The molecular weight excluding hydrogens is 451 g/mol. The third-order valence-corrected chi connectivity index (χ3v) is 4.27. The van der Waals surface area contributed by atoms with E-state index in [2.05, 4.69) is 15.6 Å². The number of likely N-dealkylation sites (tertiary alicyclic amines) is 1. The van der Waals surface area contributed by atoms with E-state index in [0.29, 0.717) is 13.0 Å². The Balaban J connectivity index is 0.00000312. The van der Waals surface area contributed by atoms with E-state index < -0.39 is 0 Å². The molecule has 0 aromatic heterocycles. The molecule has 1 aromatic carbocycles. The SMILES string of the molecule is CCNC(=NCCC(=O)N1CCCC1)NCCc1ccc(Cl)cc1.I. The number of hydrogen-bond donors (Lipinski definition) is 2. The van der Waals surface area contributed by atoms with Crippen LogP contribution in [0.25, 0.3) is 0 Å². The van der Waals surface area contributed by atoms with Gasteiger partial charge in [0.05, 0.1) is 6.54 Å². The van der Waals surface area contributed by atoms with Gasteiger partial charge >= 0.3 is 0 Å². The van der Waals surface area contributed by atoms with Gasteiger partial charge in [-0.3, -0.25) is 9.79 Å². The van der Waals surface area contributed by atoms with Crippen LogP contribution in [-0.4, -0.2) is 49.5 Å². The molecule has 2 N–H and O–H groups in total. The summed E-state index contributed by atoms with van der Waals surface area (Å²) in [6, 6.07) is 7.87. The monoisotopic (exact) mass is 478 g/mol. The number of hydrogen-bond acceptors (Lipinski definition) is 2. The van der Waals surface area contributed by atoms with E-state index in [1.165, 1.54) is 5.56 Å². The van der Waals surface area contributed by atoms with Crippen LogP contribution in [-0.2, 0) is 11.2 Å². The van der Waals surface area contributed by atoms with Crippen molar-refractivity contribution in [1.82, 2.24) is 15.5 Å². The number of halogens is 2. The minimum Gasteiger partial charge on any atom is -0.357 e. The van der Waals surface area contributed by atoms with Crippen molar-refractivity contribution in [2.75, 3.05) is 32.7 Å². The topological polar surface area (TPSA) is 56.7 Å². The molecule has 0 aliphatic carbocycles. The molecule has 0 bridgehead atoms. The number of nitrogens with one attached hydrogen (secondary N) is 2. The number of carbonyl (C=O) groups is 1. The van der Waals surface area contributed by atoms with E-state index in [-0.39, 0.29) is 29.9 Å². The largest absolute Gasteiger partial charge is 0.357 e. The molecule has 1 aromatic rings. The molecule has 25 heavy (non-hydrogen) atoms. The standard InChI is InChI=1S/C18H27ClN4O.HI/c1-2-20-18(21-11-9-15-5-7-16(19)8-6-15)22-12-10-17(24)23-13-3-4-14-23;/h5-8H,2-4,9-14H2,1H3,(H2,20,21,22);1H. The van der Waals surface area contributed by atoms with Gasteiger partial charge in [-0.05, 0) is 43.9 Å². The maximum atomic E-state index is 12.0. The summed E-state index contributed by atoms with van der Waals surface area (Å²) >= 11 is 5.89. The first-order valence-corrected chi connectivity index (χ1v) is 9.11. The zero-order valence-electron chi connectivity index (χ0n) is 14.8. The van der Waals surface area contributed by atoms with Gasteiger partial charge in [0.25, 0.3) is 0 Å². The van der Waals surface area contributed by atoms with E-state index in [9.17, 15) is 4.79 Å². The first-order chi connectivity index (χ1) is 11.7. The van der Waals surface area contributed by atoms with Crippen LogP contribution in [0.2, 0.25) is 5.02 Å². The van der Waals surface area contributed by atoms with Crippen LogP contribution in [0, 0.1) is 0 Å². The minimum absolute atomic E-state index is 0. The molecule has 0 spiro atoms. The van der Waals surface area contributed by atoms with E-state index >= 15 is 0 Å². The summed E-state index contributed by atoms with van der Waals surface area (Å²) in [6.07, 6.45) is 3.63. The second kappa shape index (κ2) is 12.4. The van der Waals surface area contributed by atoms with E-state index in [4.69, 9.17) is 11.6 Å². The first-order valence-electron chi connectivity index (χ1n) is 8.73. The van der Waals surface area contributed by atoms with Crippen LogP contribution < -0.4 is 10.6 Å². The molecule has 1 aliphatic heterocycles. The van der Waals surface area contributed by atoms with E-state index in [1.807, 2.05) is 36.1 Å². The van der Waals surface area contributed by atoms with Crippen molar-refractivity contribution in [2.45, 2.75) is 32.6 Å². The normalized spacial score (nSPS) is 14.2. The highest BCUT2D eigenvalue weighted by molar-refractivity contribution is 14.0. The van der Waals surface area contributed by atoms with Crippen molar-refractivity contribution < 1.29 is 4.79 Å². The lowest BCUT2D eigenvalue weighted by Gasteiger charge is -2.15. The van der Waals surface area contributed by atoms with Gasteiger partial charge in [-0.2, -0.15) is 0 Å². The molecule has 0 unspecified atom stereocenters. The summed E-state index contributed by atoms with van der Waals surface area (Å²) in [5.41, 5.74) is 1.23. The first kappa shape index (κ1) is 22.0. The Kier molecular flexibility index (Phi) is 10.9. The highest BCUT2D eigenvalue weighted by atomic mass is 127. The molecule has 0 atom stereocenters. The lowest BCUT2D eigenvalue weighted by atomic mass is 10.1. The molecule has 1 fully saturated rings. The van der Waals surface area contributed by atoms with Crippen LogP contribution in [0.5, 0.6) is 0 Å². The van der Waals surface area contributed by atoms with Crippen LogP contribution in [0.15, 0.2) is 29.3 Å². The van der Waals surface area contributed by atoms with Crippen molar-refractivity contribution >= 4 is 47.4 Å². The van der Waals surface area contributed by atoms with Gasteiger partial charge in [0.1, 0.15) is 0 Å². The van der Waals surface area contributed by atoms with Crippen LogP contribution >= 0.6 is 35.6 Å². The van der Waals surface area contributed by atoms with Gasteiger partial charge in [-0.25, -0.2) is 0 Å². The molecule has 5 nitrogen and oxygen atoms in total. The molecule has 140 valence electrons. The highest BCUT2D eigenvalue weighted by Gasteiger charge is 2.16. The summed E-state index contributed by atoms with van der Waals surface area (Å²) in [5.74, 6) is 0.981. The third-order valence-electron chi connectivity index (χ3n) is 4.02. The third kappa shape index (κ3) is 8.27. The Labute approximate surface area is 172 Å². The maximum absolute atomic E-state index is 12.0. The molecule has 1 amide bonds. The van der Waals surface area contributed by atoms with Gasteiger partial charge < -0.3 is 15.5 Å². The summed E-state index contributed by atoms with van der Waals surface area (Å²) in [7, 11) is 0. The number of benzene rings is 1. The second-order valence-corrected chi connectivity index (χ2v) is 6.34. The summed E-state index contributed by atoms with van der Waals surface area (Å²) in [6.45, 7) is 5.95. The van der Waals surface area contributed by atoms with Gasteiger partial charge in [0.15, 0.2) is 5.96 Å². The highest BCUT2D eigenvalue weighted by Crippen LogP contribution is 2.10. The molecule has 0 radical (unpaired) electrons. The molecule has 7 heteroatoms. The number of carbonyl (C=O) groups excluding carboxylic acids is 1. The predicted molar refractivity (Wildman–Crippen MR) is 115 cm³/mol. The molecule has 0 saturated carbocycles.